The van der Waals surface area contributed by atoms with E-state index in [9.17, 15) is 0 Å². The number of hydrogen-bond donors (Lipinski definition) is 1. The van der Waals surface area contributed by atoms with Crippen LogP contribution in [0.4, 0.5) is 0 Å². The number of nitrogens with one attached hydrogen (secondary N) is 1. The summed E-state index contributed by atoms with van der Waals surface area (Å²) in [5, 5.41) is 4.93. The molecule has 2 rings (SSSR count). The lowest BCUT2D eigenvalue weighted by molar-refractivity contribution is 0.505. The fourth-order valence-electron chi connectivity index (χ4n) is 2.56. The van der Waals surface area contributed by atoms with Gasteiger partial charge >= 0.3 is 0 Å². The molecule has 21 heavy (non-hydrogen) atoms. The van der Waals surface area contributed by atoms with E-state index in [2.05, 4.69) is 43.6 Å². The molecule has 0 aliphatic rings. The number of thioether (sulfide) groups is 1. The van der Waals surface area contributed by atoms with E-state index in [1.54, 1.807) is 0 Å². The van der Waals surface area contributed by atoms with Gasteiger partial charge in [-0.25, -0.2) is 0 Å². The molecule has 0 bridgehead atoms. The molecule has 0 saturated carbocycles. The molecule has 1 heterocycles. The highest BCUT2D eigenvalue weighted by Crippen LogP contribution is 2.27. The second-order valence-electron chi connectivity index (χ2n) is 5.67. The van der Waals surface area contributed by atoms with Crippen LogP contribution in [0, 0.1) is 0 Å². The van der Waals surface area contributed by atoms with Gasteiger partial charge in [0, 0.05) is 30.0 Å². The van der Waals surface area contributed by atoms with Crippen molar-refractivity contribution < 1.29 is 4.42 Å². The van der Waals surface area contributed by atoms with Gasteiger partial charge in [0.05, 0.1) is 0 Å². The molecule has 1 aromatic carbocycles. The number of hydrogen-bond acceptors (Lipinski definition) is 3. The topological polar surface area (TPSA) is 25.2 Å². The highest BCUT2D eigenvalue weighted by atomic mass is 32.2. The number of unbranched alkanes of at least 4 members (excludes halogenated alkanes) is 1. The number of aryl methyl sites for hydroxylation is 1. The molecule has 116 valence electrons. The van der Waals surface area contributed by atoms with Crippen LogP contribution in [-0.2, 0) is 13.0 Å². The van der Waals surface area contributed by atoms with Crippen molar-refractivity contribution in [2.45, 2.75) is 52.1 Å². The fraction of sp³-hybridized carbons (Fsp3) is 0.556. The zero-order chi connectivity index (χ0) is 15.1. The maximum atomic E-state index is 6.07. The van der Waals surface area contributed by atoms with Gasteiger partial charge in [-0.15, -0.1) is 0 Å². The van der Waals surface area contributed by atoms with Crippen LogP contribution in [0.15, 0.2) is 28.7 Å². The van der Waals surface area contributed by atoms with Gasteiger partial charge in [0.1, 0.15) is 11.3 Å². The number of benzene rings is 1. The molecular formula is C18H27NOS. The van der Waals surface area contributed by atoms with Crippen molar-refractivity contribution in [3.05, 3.63) is 35.6 Å². The Labute approximate surface area is 132 Å². The van der Waals surface area contributed by atoms with E-state index in [0.29, 0.717) is 6.04 Å². The van der Waals surface area contributed by atoms with Crippen molar-refractivity contribution in [2.24, 2.45) is 0 Å². The summed E-state index contributed by atoms with van der Waals surface area (Å²) in [4.78, 5) is 0. The average molecular weight is 305 g/mol. The Morgan fingerprint density at radius 3 is 2.86 bits per heavy atom. The first-order valence-corrected chi connectivity index (χ1v) is 9.37. The van der Waals surface area contributed by atoms with Gasteiger partial charge < -0.3 is 9.73 Å². The summed E-state index contributed by atoms with van der Waals surface area (Å²) < 4.78 is 6.07. The minimum absolute atomic E-state index is 0.546. The third kappa shape index (κ3) is 4.52. The van der Waals surface area contributed by atoms with Crippen molar-refractivity contribution in [1.82, 2.24) is 5.32 Å². The maximum Gasteiger partial charge on any atom is 0.134 e. The monoisotopic (exact) mass is 305 g/mol. The molecule has 0 saturated heterocycles. The SMILES string of the molecule is CCCCc1oc2ccccc2c1CNC(C)CCSC. The normalized spacial score (nSPS) is 12.9. The molecule has 1 atom stereocenters. The van der Waals surface area contributed by atoms with E-state index < -0.39 is 0 Å². The number of rotatable bonds is 9. The smallest absolute Gasteiger partial charge is 0.134 e. The standard InChI is InChI=1S/C18H27NOS/c1-4-5-9-18-16(13-19-14(2)11-12-21-3)15-8-6-7-10-17(15)20-18/h6-8,10,14,19H,4-5,9,11-13H2,1-3H3. The minimum atomic E-state index is 0.546. The molecule has 1 aromatic heterocycles. The summed E-state index contributed by atoms with van der Waals surface area (Å²) in [5.74, 6) is 2.38. The Bertz CT molecular complexity index is 549. The van der Waals surface area contributed by atoms with E-state index in [4.69, 9.17) is 4.42 Å². The second-order valence-corrected chi connectivity index (χ2v) is 6.65. The molecule has 0 radical (unpaired) electrons. The first-order chi connectivity index (χ1) is 10.3. The van der Waals surface area contributed by atoms with Crippen molar-refractivity contribution in [3.8, 4) is 0 Å². The van der Waals surface area contributed by atoms with Crippen LogP contribution in [0.1, 0.15) is 44.4 Å². The van der Waals surface area contributed by atoms with E-state index in [-0.39, 0.29) is 0 Å². The number of furan rings is 1. The molecule has 0 aliphatic carbocycles. The van der Waals surface area contributed by atoms with E-state index in [1.165, 1.54) is 41.7 Å². The molecule has 1 N–H and O–H groups in total. The Balaban J connectivity index is 2.11. The van der Waals surface area contributed by atoms with Crippen LogP contribution < -0.4 is 5.32 Å². The molecule has 0 aliphatic heterocycles. The number of para-hydroxylation sites is 1. The highest BCUT2D eigenvalue weighted by Gasteiger charge is 2.14. The molecule has 1 unspecified atom stereocenters. The van der Waals surface area contributed by atoms with Crippen LogP contribution in [0.5, 0.6) is 0 Å². The molecule has 0 spiro atoms. The van der Waals surface area contributed by atoms with Gasteiger partial charge in [-0.3, -0.25) is 0 Å². The quantitative estimate of drug-likeness (QED) is 0.705. The average Bonchev–Trinajstić information content (AvgIpc) is 2.86. The molecule has 2 aromatic rings. The first-order valence-electron chi connectivity index (χ1n) is 7.97. The molecule has 3 heteroatoms. The summed E-state index contributed by atoms with van der Waals surface area (Å²) in [6, 6.07) is 8.95. The lowest BCUT2D eigenvalue weighted by Gasteiger charge is -2.13. The molecule has 0 amide bonds. The van der Waals surface area contributed by atoms with Crippen molar-refractivity contribution >= 4 is 22.7 Å². The Kier molecular flexibility index (Phi) is 6.65. The van der Waals surface area contributed by atoms with Gasteiger partial charge in [0.15, 0.2) is 0 Å². The molecule has 2 nitrogen and oxygen atoms in total. The van der Waals surface area contributed by atoms with Gasteiger partial charge in [-0.1, -0.05) is 31.5 Å². The van der Waals surface area contributed by atoms with Crippen molar-refractivity contribution in [3.63, 3.8) is 0 Å². The van der Waals surface area contributed by atoms with Crippen molar-refractivity contribution in [2.75, 3.05) is 12.0 Å². The van der Waals surface area contributed by atoms with Crippen LogP contribution in [0.2, 0.25) is 0 Å². The maximum absolute atomic E-state index is 6.07. The summed E-state index contributed by atoms with van der Waals surface area (Å²) >= 11 is 1.91. The molecule has 0 fully saturated rings. The van der Waals surface area contributed by atoms with E-state index in [0.717, 1.165) is 18.5 Å². The Morgan fingerprint density at radius 1 is 1.29 bits per heavy atom. The second kappa shape index (κ2) is 8.50. The Hall–Kier alpha value is -0.930. The summed E-state index contributed by atoms with van der Waals surface area (Å²) in [6.07, 6.45) is 6.81. The fourth-order valence-corrected chi connectivity index (χ4v) is 3.14. The van der Waals surface area contributed by atoms with Gasteiger partial charge in [0.2, 0.25) is 0 Å². The van der Waals surface area contributed by atoms with E-state index in [1.807, 2.05) is 17.8 Å². The van der Waals surface area contributed by atoms with Gasteiger partial charge in [0.25, 0.3) is 0 Å². The van der Waals surface area contributed by atoms with Crippen molar-refractivity contribution in [1.29, 1.82) is 0 Å². The van der Waals surface area contributed by atoms with Crippen LogP contribution >= 0.6 is 11.8 Å². The van der Waals surface area contributed by atoms with Gasteiger partial charge in [-0.2, -0.15) is 11.8 Å². The lowest BCUT2D eigenvalue weighted by Crippen LogP contribution is -2.26. The first kappa shape index (κ1) is 16.4. The zero-order valence-corrected chi connectivity index (χ0v) is 14.3. The largest absolute Gasteiger partial charge is 0.461 e. The predicted molar refractivity (Wildman–Crippen MR) is 94.1 cm³/mol. The van der Waals surface area contributed by atoms with Gasteiger partial charge in [-0.05, 0) is 37.8 Å². The Morgan fingerprint density at radius 2 is 2.10 bits per heavy atom. The van der Waals surface area contributed by atoms with Crippen LogP contribution in [0.3, 0.4) is 0 Å². The van der Waals surface area contributed by atoms with Crippen LogP contribution in [0.25, 0.3) is 11.0 Å². The third-order valence-electron chi connectivity index (χ3n) is 3.92. The predicted octanol–water partition coefficient (Wildman–Crippen LogP) is 5.01. The molecular weight excluding hydrogens is 278 g/mol. The van der Waals surface area contributed by atoms with Crippen LogP contribution in [-0.4, -0.2) is 18.1 Å². The highest BCUT2D eigenvalue weighted by molar-refractivity contribution is 7.98. The minimum Gasteiger partial charge on any atom is -0.461 e. The van der Waals surface area contributed by atoms with E-state index >= 15 is 0 Å². The number of fused-ring (bicyclic) bond motifs is 1. The zero-order valence-electron chi connectivity index (χ0n) is 13.4. The summed E-state index contributed by atoms with van der Waals surface area (Å²) in [7, 11) is 0. The summed E-state index contributed by atoms with van der Waals surface area (Å²) in [5.41, 5.74) is 2.38. The summed E-state index contributed by atoms with van der Waals surface area (Å²) in [6.45, 7) is 5.40. The third-order valence-corrected chi connectivity index (χ3v) is 4.57. The lowest BCUT2D eigenvalue weighted by atomic mass is 10.1.